The number of hydrogen-bond acceptors (Lipinski definition) is 4. The number of hydrogen-bond donors (Lipinski definition) is 2. The van der Waals surface area contributed by atoms with Gasteiger partial charge in [-0.3, -0.25) is 0 Å². The maximum absolute atomic E-state index is 10.9. The summed E-state index contributed by atoms with van der Waals surface area (Å²) < 4.78 is 5.35. The highest BCUT2D eigenvalue weighted by molar-refractivity contribution is 5.88. The van der Waals surface area contributed by atoms with E-state index >= 15 is 0 Å². The molecule has 0 amide bonds. The first-order valence-electron chi connectivity index (χ1n) is 5.98. The summed E-state index contributed by atoms with van der Waals surface area (Å²) in [7, 11) is 1.65. The fourth-order valence-corrected chi connectivity index (χ4v) is 2.25. The predicted molar refractivity (Wildman–Crippen MR) is 69.0 cm³/mol. The average Bonchev–Trinajstić information content (AvgIpc) is 2.39. The molecule has 5 nitrogen and oxygen atoms in total. The Morgan fingerprint density at radius 2 is 2.33 bits per heavy atom. The van der Waals surface area contributed by atoms with Gasteiger partial charge in [0.25, 0.3) is 0 Å². The molecule has 2 unspecified atom stereocenters. The molecule has 18 heavy (non-hydrogen) atoms. The zero-order valence-electron chi connectivity index (χ0n) is 10.4. The van der Waals surface area contributed by atoms with Gasteiger partial charge in [-0.25, -0.2) is 4.79 Å². The Balaban J connectivity index is 2.16. The molecule has 1 aromatic carbocycles. The van der Waals surface area contributed by atoms with Crippen LogP contribution in [-0.4, -0.2) is 43.4 Å². The van der Waals surface area contributed by atoms with Crippen molar-refractivity contribution >= 4 is 11.7 Å². The maximum atomic E-state index is 10.9. The largest absolute Gasteiger partial charge is 0.478 e. The zero-order chi connectivity index (χ0) is 13.1. The van der Waals surface area contributed by atoms with Crippen molar-refractivity contribution in [2.75, 3.05) is 25.1 Å². The quantitative estimate of drug-likeness (QED) is 0.835. The molecule has 2 atom stereocenters. The Hall–Kier alpha value is -1.59. The number of methoxy groups -OCH3 is 1. The van der Waals surface area contributed by atoms with Crippen LogP contribution >= 0.6 is 0 Å². The number of ether oxygens (including phenoxy) is 1. The van der Waals surface area contributed by atoms with Crippen molar-refractivity contribution in [2.45, 2.75) is 18.6 Å². The molecule has 5 heteroatoms. The molecule has 1 heterocycles. The minimum absolute atomic E-state index is 0.00719. The van der Waals surface area contributed by atoms with E-state index in [1.165, 1.54) is 0 Å². The molecule has 0 aromatic heterocycles. The summed E-state index contributed by atoms with van der Waals surface area (Å²) >= 11 is 0. The lowest BCUT2D eigenvalue weighted by Gasteiger charge is -2.37. The lowest BCUT2D eigenvalue weighted by molar-refractivity contribution is 0.0696. The molecule has 1 fully saturated rings. The number of aromatic carboxylic acids is 1. The summed E-state index contributed by atoms with van der Waals surface area (Å²) in [6, 6.07) is 7.00. The number of rotatable bonds is 3. The van der Waals surface area contributed by atoms with Crippen LogP contribution in [-0.2, 0) is 4.74 Å². The van der Waals surface area contributed by atoms with Crippen LogP contribution in [0, 0.1) is 0 Å². The van der Waals surface area contributed by atoms with Crippen molar-refractivity contribution < 1.29 is 14.6 Å². The number of benzene rings is 1. The first-order chi connectivity index (χ1) is 8.61. The molecule has 1 saturated heterocycles. The molecule has 2 rings (SSSR count). The van der Waals surface area contributed by atoms with Crippen LogP contribution in [0.3, 0.4) is 0 Å². The molecular formula is C13H18N2O3. The van der Waals surface area contributed by atoms with Crippen LogP contribution in [0.2, 0.25) is 0 Å². The van der Waals surface area contributed by atoms with Crippen molar-refractivity contribution in [3.63, 3.8) is 0 Å². The summed E-state index contributed by atoms with van der Waals surface area (Å²) in [6.45, 7) is 1.52. The molecule has 0 radical (unpaired) electrons. The van der Waals surface area contributed by atoms with E-state index in [0.717, 1.165) is 18.7 Å². The summed E-state index contributed by atoms with van der Waals surface area (Å²) in [5.74, 6) is -0.908. The number of carboxylic acid groups (broad SMARTS) is 1. The average molecular weight is 250 g/mol. The van der Waals surface area contributed by atoms with Gasteiger partial charge in [-0.1, -0.05) is 6.07 Å². The Bertz CT molecular complexity index is 436. The van der Waals surface area contributed by atoms with Crippen molar-refractivity contribution in [3.8, 4) is 0 Å². The molecule has 0 saturated carbocycles. The number of nitrogens with two attached hydrogens (primary N) is 1. The summed E-state index contributed by atoms with van der Waals surface area (Å²) in [6.07, 6.45) is 0.836. The predicted octanol–water partition coefficient (Wildman–Crippen LogP) is 0.937. The van der Waals surface area contributed by atoms with E-state index in [-0.39, 0.29) is 12.1 Å². The smallest absolute Gasteiger partial charge is 0.335 e. The molecule has 0 aliphatic carbocycles. The van der Waals surface area contributed by atoms with E-state index < -0.39 is 5.97 Å². The molecule has 1 aliphatic heterocycles. The maximum Gasteiger partial charge on any atom is 0.335 e. The molecule has 0 spiro atoms. The van der Waals surface area contributed by atoms with Crippen LogP contribution in [0.1, 0.15) is 16.8 Å². The molecule has 98 valence electrons. The second-order valence-corrected chi connectivity index (χ2v) is 4.53. The first-order valence-corrected chi connectivity index (χ1v) is 5.98. The fourth-order valence-electron chi connectivity index (χ4n) is 2.25. The third-order valence-electron chi connectivity index (χ3n) is 3.37. The molecular weight excluding hydrogens is 232 g/mol. The van der Waals surface area contributed by atoms with Crippen molar-refractivity contribution in [3.05, 3.63) is 29.8 Å². The van der Waals surface area contributed by atoms with Crippen LogP contribution in [0.5, 0.6) is 0 Å². The number of anilines is 1. The van der Waals surface area contributed by atoms with E-state index in [1.807, 2.05) is 6.07 Å². The van der Waals surface area contributed by atoms with Crippen LogP contribution < -0.4 is 10.6 Å². The van der Waals surface area contributed by atoms with Gasteiger partial charge in [0, 0.05) is 31.9 Å². The number of piperidine rings is 1. The first kappa shape index (κ1) is 12.9. The molecule has 1 aliphatic rings. The van der Waals surface area contributed by atoms with E-state index in [4.69, 9.17) is 15.6 Å². The highest BCUT2D eigenvalue weighted by Gasteiger charge is 2.26. The van der Waals surface area contributed by atoms with Crippen molar-refractivity contribution in [1.82, 2.24) is 0 Å². The van der Waals surface area contributed by atoms with Crippen LogP contribution in [0.15, 0.2) is 24.3 Å². The summed E-state index contributed by atoms with van der Waals surface area (Å²) in [5, 5.41) is 8.98. The van der Waals surface area contributed by atoms with Gasteiger partial charge in [0.2, 0.25) is 0 Å². The van der Waals surface area contributed by atoms with Gasteiger partial charge in [-0.05, 0) is 24.6 Å². The minimum atomic E-state index is -0.908. The highest BCUT2D eigenvalue weighted by atomic mass is 16.5. The van der Waals surface area contributed by atoms with E-state index in [9.17, 15) is 4.79 Å². The lowest BCUT2D eigenvalue weighted by Crippen LogP contribution is -2.51. The van der Waals surface area contributed by atoms with Crippen LogP contribution in [0.25, 0.3) is 0 Å². The fraction of sp³-hybridized carbons (Fsp3) is 0.462. The third kappa shape index (κ3) is 2.63. The number of carbonyl (C=O) groups is 1. The standard InChI is InChI=1S/C13H18N2O3/c1-18-12-8-15(6-5-11(12)14)10-4-2-3-9(7-10)13(16)17/h2-4,7,11-12H,5-6,8,14H2,1H3,(H,16,17). The van der Waals surface area contributed by atoms with Gasteiger partial charge in [-0.2, -0.15) is 0 Å². The topological polar surface area (TPSA) is 75.8 Å². The Kier molecular flexibility index (Phi) is 3.84. The Morgan fingerprint density at radius 1 is 1.56 bits per heavy atom. The lowest BCUT2D eigenvalue weighted by atomic mass is 10.0. The second-order valence-electron chi connectivity index (χ2n) is 4.53. The Labute approximate surface area is 106 Å². The molecule has 0 bridgehead atoms. The molecule has 3 N–H and O–H groups in total. The highest BCUT2D eigenvalue weighted by Crippen LogP contribution is 2.21. The number of carboxylic acids is 1. The van der Waals surface area contributed by atoms with E-state index in [2.05, 4.69) is 4.90 Å². The zero-order valence-corrected chi connectivity index (χ0v) is 10.4. The summed E-state index contributed by atoms with van der Waals surface area (Å²) in [5.41, 5.74) is 7.17. The van der Waals surface area contributed by atoms with Crippen molar-refractivity contribution in [1.29, 1.82) is 0 Å². The van der Waals surface area contributed by atoms with Gasteiger partial charge < -0.3 is 20.5 Å². The second kappa shape index (κ2) is 5.37. The Morgan fingerprint density at radius 3 is 3.00 bits per heavy atom. The molecule has 1 aromatic rings. The third-order valence-corrected chi connectivity index (χ3v) is 3.37. The normalized spacial score (nSPS) is 24.0. The minimum Gasteiger partial charge on any atom is -0.478 e. The monoisotopic (exact) mass is 250 g/mol. The van der Waals surface area contributed by atoms with Gasteiger partial charge in [0.1, 0.15) is 0 Å². The van der Waals surface area contributed by atoms with Gasteiger partial charge in [0.15, 0.2) is 0 Å². The van der Waals surface area contributed by atoms with E-state index in [0.29, 0.717) is 12.1 Å². The van der Waals surface area contributed by atoms with Gasteiger partial charge in [-0.15, -0.1) is 0 Å². The number of nitrogens with zero attached hydrogens (tertiary/aromatic N) is 1. The summed E-state index contributed by atoms with van der Waals surface area (Å²) in [4.78, 5) is 13.1. The van der Waals surface area contributed by atoms with Gasteiger partial charge in [0.05, 0.1) is 11.7 Å². The SMILES string of the molecule is COC1CN(c2cccc(C(=O)O)c2)CCC1N. The van der Waals surface area contributed by atoms with Gasteiger partial charge >= 0.3 is 5.97 Å². The van der Waals surface area contributed by atoms with Crippen LogP contribution in [0.4, 0.5) is 5.69 Å². The van der Waals surface area contributed by atoms with E-state index in [1.54, 1.807) is 25.3 Å². The van der Waals surface area contributed by atoms with Crippen molar-refractivity contribution in [2.24, 2.45) is 5.73 Å².